The normalized spacial score (nSPS) is 16.0. The van der Waals surface area contributed by atoms with Crippen molar-refractivity contribution in [2.24, 2.45) is 0 Å². The molecule has 7 heteroatoms. The zero-order valence-corrected chi connectivity index (χ0v) is 16.7. The number of amides is 2. The van der Waals surface area contributed by atoms with Gasteiger partial charge in [-0.05, 0) is 37.1 Å². The third-order valence-corrected chi connectivity index (χ3v) is 4.52. The van der Waals surface area contributed by atoms with Crippen LogP contribution >= 0.6 is 0 Å². The number of urea groups is 1. The third kappa shape index (κ3) is 4.68. The summed E-state index contributed by atoms with van der Waals surface area (Å²) in [4.78, 5) is 24.5. The van der Waals surface area contributed by atoms with E-state index in [1.807, 2.05) is 30.3 Å². The van der Waals surface area contributed by atoms with Crippen LogP contribution in [0.3, 0.4) is 0 Å². The van der Waals surface area contributed by atoms with Crippen LogP contribution in [0.4, 0.5) is 4.79 Å². The number of benzene rings is 2. The van der Waals surface area contributed by atoms with Crippen molar-refractivity contribution in [1.82, 2.24) is 10.6 Å². The van der Waals surface area contributed by atoms with E-state index in [-0.39, 0.29) is 12.6 Å². The molecule has 1 unspecified atom stereocenters. The van der Waals surface area contributed by atoms with Crippen LogP contribution in [0.2, 0.25) is 0 Å². The highest BCUT2D eigenvalue weighted by atomic mass is 16.5. The minimum absolute atomic E-state index is 0.242. The molecule has 2 N–H and O–H groups in total. The van der Waals surface area contributed by atoms with E-state index in [0.29, 0.717) is 34.9 Å². The van der Waals surface area contributed by atoms with E-state index < -0.39 is 12.0 Å². The summed E-state index contributed by atoms with van der Waals surface area (Å²) in [6.45, 7) is 4.05. The van der Waals surface area contributed by atoms with Gasteiger partial charge in [-0.1, -0.05) is 36.4 Å². The van der Waals surface area contributed by atoms with Gasteiger partial charge in [-0.3, -0.25) is 0 Å². The number of rotatable bonds is 7. The molecular formula is C22H24N2O5. The van der Waals surface area contributed by atoms with Crippen molar-refractivity contribution in [2.45, 2.75) is 26.5 Å². The predicted octanol–water partition coefficient (Wildman–Crippen LogP) is 3.47. The SMILES string of the molecule is CCOC(=O)C1=C(C)NC(=O)NC1c1ccc(OCc2ccccc2)c(OC)c1. The number of ether oxygens (including phenoxy) is 3. The van der Waals surface area contributed by atoms with Gasteiger partial charge in [0.15, 0.2) is 11.5 Å². The first-order chi connectivity index (χ1) is 14.0. The van der Waals surface area contributed by atoms with Crippen LogP contribution in [-0.2, 0) is 16.1 Å². The molecule has 0 aromatic heterocycles. The zero-order chi connectivity index (χ0) is 20.8. The van der Waals surface area contributed by atoms with Gasteiger partial charge in [0, 0.05) is 5.70 Å². The topological polar surface area (TPSA) is 85.9 Å². The Balaban J connectivity index is 1.88. The molecule has 1 aliphatic rings. The second kappa shape index (κ2) is 9.14. The molecule has 1 heterocycles. The van der Waals surface area contributed by atoms with E-state index in [1.165, 1.54) is 0 Å². The maximum Gasteiger partial charge on any atom is 0.338 e. The van der Waals surface area contributed by atoms with Crippen LogP contribution in [0.15, 0.2) is 59.8 Å². The van der Waals surface area contributed by atoms with Crippen LogP contribution < -0.4 is 20.1 Å². The number of esters is 1. The lowest BCUT2D eigenvalue weighted by Crippen LogP contribution is -2.45. The smallest absolute Gasteiger partial charge is 0.338 e. The molecule has 0 bridgehead atoms. The van der Waals surface area contributed by atoms with E-state index in [0.717, 1.165) is 5.56 Å². The van der Waals surface area contributed by atoms with Gasteiger partial charge in [-0.2, -0.15) is 0 Å². The summed E-state index contributed by atoms with van der Waals surface area (Å²) in [6.07, 6.45) is 0. The largest absolute Gasteiger partial charge is 0.493 e. The molecule has 2 aromatic rings. The fourth-order valence-electron chi connectivity index (χ4n) is 3.14. The summed E-state index contributed by atoms with van der Waals surface area (Å²) in [6, 6.07) is 14.1. The lowest BCUT2D eigenvalue weighted by Gasteiger charge is -2.28. The molecule has 1 aliphatic heterocycles. The molecule has 0 aliphatic carbocycles. The average Bonchev–Trinajstić information content (AvgIpc) is 2.72. The van der Waals surface area contributed by atoms with Gasteiger partial charge in [0.1, 0.15) is 6.61 Å². The van der Waals surface area contributed by atoms with Crippen LogP contribution in [0.1, 0.15) is 31.0 Å². The maximum atomic E-state index is 12.5. The van der Waals surface area contributed by atoms with E-state index >= 15 is 0 Å². The quantitative estimate of drug-likeness (QED) is 0.700. The van der Waals surface area contributed by atoms with Crippen molar-refractivity contribution in [3.8, 4) is 11.5 Å². The number of hydrogen-bond acceptors (Lipinski definition) is 5. The Morgan fingerprint density at radius 3 is 2.55 bits per heavy atom. The summed E-state index contributed by atoms with van der Waals surface area (Å²) in [5.41, 5.74) is 2.53. The van der Waals surface area contributed by atoms with E-state index in [4.69, 9.17) is 14.2 Å². The van der Waals surface area contributed by atoms with Crippen molar-refractivity contribution in [1.29, 1.82) is 0 Å². The summed E-state index contributed by atoms with van der Waals surface area (Å²) in [5, 5.41) is 5.40. The van der Waals surface area contributed by atoms with Crippen molar-refractivity contribution >= 4 is 12.0 Å². The highest BCUT2D eigenvalue weighted by Crippen LogP contribution is 2.35. The number of carbonyl (C=O) groups is 2. The number of carbonyl (C=O) groups excluding carboxylic acids is 2. The average molecular weight is 396 g/mol. The van der Waals surface area contributed by atoms with Crippen LogP contribution in [0, 0.1) is 0 Å². The van der Waals surface area contributed by atoms with Gasteiger partial charge < -0.3 is 24.8 Å². The Hall–Kier alpha value is -3.48. The minimum atomic E-state index is -0.653. The van der Waals surface area contributed by atoms with Gasteiger partial charge in [0.05, 0.1) is 25.3 Å². The monoisotopic (exact) mass is 396 g/mol. The second-order valence-corrected chi connectivity index (χ2v) is 6.48. The Morgan fingerprint density at radius 2 is 1.86 bits per heavy atom. The summed E-state index contributed by atoms with van der Waals surface area (Å²) in [5.74, 6) is 0.594. The molecule has 7 nitrogen and oxygen atoms in total. The molecule has 0 saturated carbocycles. The van der Waals surface area contributed by atoms with Crippen molar-refractivity contribution in [2.75, 3.05) is 13.7 Å². The predicted molar refractivity (Wildman–Crippen MR) is 108 cm³/mol. The molecule has 0 saturated heterocycles. The zero-order valence-electron chi connectivity index (χ0n) is 16.7. The second-order valence-electron chi connectivity index (χ2n) is 6.48. The first-order valence-electron chi connectivity index (χ1n) is 9.33. The molecule has 0 fully saturated rings. The third-order valence-electron chi connectivity index (χ3n) is 4.52. The Bertz CT molecular complexity index is 924. The maximum absolute atomic E-state index is 12.5. The molecule has 1 atom stereocenters. The number of nitrogens with one attached hydrogen (secondary N) is 2. The standard InChI is InChI=1S/C22H24N2O5/c1-4-28-21(25)19-14(2)23-22(26)24-20(19)16-10-11-17(18(12-16)27-3)29-13-15-8-6-5-7-9-15/h5-12,20H,4,13H2,1-3H3,(H2,23,24,26). The molecule has 0 spiro atoms. The lowest BCUT2D eigenvalue weighted by atomic mass is 9.95. The molecule has 0 radical (unpaired) electrons. The fourth-order valence-corrected chi connectivity index (χ4v) is 3.14. The van der Waals surface area contributed by atoms with E-state index in [9.17, 15) is 9.59 Å². The summed E-state index contributed by atoms with van der Waals surface area (Å²) in [7, 11) is 1.54. The molecule has 152 valence electrons. The van der Waals surface area contributed by atoms with Crippen molar-refractivity contribution in [3.63, 3.8) is 0 Å². The summed E-state index contributed by atoms with van der Waals surface area (Å²) < 4.78 is 16.5. The summed E-state index contributed by atoms with van der Waals surface area (Å²) >= 11 is 0. The number of methoxy groups -OCH3 is 1. The fraction of sp³-hybridized carbons (Fsp3) is 0.273. The lowest BCUT2D eigenvalue weighted by molar-refractivity contribution is -0.139. The van der Waals surface area contributed by atoms with Crippen LogP contribution in [-0.4, -0.2) is 25.7 Å². The molecule has 29 heavy (non-hydrogen) atoms. The molecule has 3 rings (SSSR count). The Kier molecular flexibility index (Phi) is 6.39. The first kappa shape index (κ1) is 20.3. The van der Waals surface area contributed by atoms with E-state index in [2.05, 4.69) is 10.6 Å². The van der Waals surface area contributed by atoms with Gasteiger partial charge in [0.25, 0.3) is 0 Å². The molecule has 2 aromatic carbocycles. The van der Waals surface area contributed by atoms with Gasteiger partial charge in [-0.15, -0.1) is 0 Å². The minimum Gasteiger partial charge on any atom is -0.493 e. The van der Waals surface area contributed by atoms with Crippen LogP contribution in [0.25, 0.3) is 0 Å². The van der Waals surface area contributed by atoms with Crippen LogP contribution in [0.5, 0.6) is 11.5 Å². The highest BCUT2D eigenvalue weighted by Gasteiger charge is 2.32. The van der Waals surface area contributed by atoms with Gasteiger partial charge in [-0.25, -0.2) is 9.59 Å². The molecular weight excluding hydrogens is 372 g/mol. The first-order valence-corrected chi connectivity index (χ1v) is 9.33. The molecule has 2 amide bonds. The number of hydrogen-bond donors (Lipinski definition) is 2. The van der Waals surface area contributed by atoms with Gasteiger partial charge in [0.2, 0.25) is 0 Å². The van der Waals surface area contributed by atoms with E-state index in [1.54, 1.807) is 39.2 Å². The Morgan fingerprint density at radius 1 is 1.10 bits per heavy atom. The van der Waals surface area contributed by atoms with Crippen molar-refractivity contribution < 1.29 is 23.8 Å². The Labute approximate surface area is 169 Å². The van der Waals surface area contributed by atoms with Gasteiger partial charge >= 0.3 is 12.0 Å². The van der Waals surface area contributed by atoms with Crippen molar-refractivity contribution in [3.05, 3.63) is 70.9 Å². The highest BCUT2D eigenvalue weighted by molar-refractivity contribution is 5.95. The number of allylic oxidation sites excluding steroid dienone is 1.